The second-order valence-corrected chi connectivity index (χ2v) is 3.95. The van der Waals surface area contributed by atoms with Crippen LogP contribution in [0.3, 0.4) is 0 Å². The van der Waals surface area contributed by atoms with E-state index in [1.165, 1.54) is 16.8 Å². The highest BCUT2D eigenvalue weighted by Crippen LogP contribution is 2.42. The minimum atomic E-state index is 0.422. The molecule has 0 aromatic heterocycles. The molecule has 1 aromatic rings. The molecule has 2 nitrogen and oxygen atoms in total. The third-order valence-electron chi connectivity index (χ3n) is 3.12. The van der Waals surface area contributed by atoms with E-state index in [-0.39, 0.29) is 0 Å². The molecule has 1 aliphatic carbocycles. The van der Waals surface area contributed by atoms with Crippen molar-refractivity contribution in [2.24, 2.45) is 5.73 Å². The number of fused-ring (bicyclic) bond motifs is 3. The summed E-state index contributed by atoms with van der Waals surface area (Å²) in [5.41, 5.74) is 9.76. The quantitative estimate of drug-likeness (QED) is 0.785. The van der Waals surface area contributed by atoms with Crippen LogP contribution in [0.5, 0.6) is 0 Å². The molecule has 2 heteroatoms. The maximum atomic E-state index is 5.66. The van der Waals surface area contributed by atoms with Crippen LogP contribution in [0.4, 0.5) is 5.69 Å². The third-order valence-corrected chi connectivity index (χ3v) is 3.12. The van der Waals surface area contributed by atoms with Gasteiger partial charge in [-0.25, -0.2) is 0 Å². The van der Waals surface area contributed by atoms with Crippen LogP contribution in [0.2, 0.25) is 0 Å². The van der Waals surface area contributed by atoms with Crippen LogP contribution in [-0.2, 0) is 0 Å². The highest BCUT2D eigenvalue weighted by atomic mass is 15.2. The van der Waals surface area contributed by atoms with E-state index in [1.807, 2.05) is 0 Å². The molecule has 1 atom stereocenters. The Kier molecular flexibility index (Phi) is 1.89. The lowest BCUT2D eigenvalue weighted by Gasteiger charge is -2.23. The second kappa shape index (κ2) is 3.24. The first-order valence-corrected chi connectivity index (χ1v) is 5.36. The minimum absolute atomic E-state index is 0.422. The summed E-state index contributed by atoms with van der Waals surface area (Å²) in [7, 11) is 0. The lowest BCUT2D eigenvalue weighted by atomic mass is 10.1. The van der Waals surface area contributed by atoms with E-state index in [4.69, 9.17) is 5.73 Å². The number of allylic oxidation sites excluding steroid dienone is 2. The lowest BCUT2D eigenvalue weighted by Crippen LogP contribution is -2.33. The van der Waals surface area contributed by atoms with Gasteiger partial charge in [0.05, 0.1) is 6.04 Å². The van der Waals surface area contributed by atoms with E-state index >= 15 is 0 Å². The molecule has 3 rings (SSSR count). The highest BCUT2D eigenvalue weighted by Gasteiger charge is 2.32. The maximum absolute atomic E-state index is 5.66. The Morgan fingerprint density at radius 2 is 2.13 bits per heavy atom. The van der Waals surface area contributed by atoms with Crippen LogP contribution in [0.1, 0.15) is 5.56 Å². The number of anilines is 1. The number of nitrogens with two attached hydrogens (primary N) is 1. The van der Waals surface area contributed by atoms with Crippen molar-refractivity contribution >= 4 is 11.3 Å². The maximum Gasteiger partial charge on any atom is 0.0736 e. The van der Waals surface area contributed by atoms with Gasteiger partial charge < -0.3 is 10.6 Å². The first-order chi connectivity index (χ1) is 7.42. The monoisotopic (exact) mass is 198 g/mol. The van der Waals surface area contributed by atoms with E-state index in [0.29, 0.717) is 12.6 Å². The summed E-state index contributed by atoms with van der Waals surface area (Å²) < 4.78 is 0. The van der Waals surface area contributed by atoms with Crippen LogP contribution >= 0.6 is 0 Å². The van der Waals surface area contributed by atoms with Crippen molar-refractivity contribution in [1.82, 2.24) is 0 Å². The molecular weight excluding hydrogens is 184 g/mol. The molecule has 1 aromatic carbocycles. The SMILES string of the molecule is NCCN1c2ccccc2C2=CC=CC21. The molecule has 0 amide bonds. The predicted octanol–water partition coefficient (Wildman–Crippen LogP) is 1.79. The Labute approximate surface area is 89.7 Å². The van der Waals surface area contributed by atoms with Gasteiger partial charge in [-0.2, -0.15) is 0 Å². The van der Waals surface area contributed by atoms with Crippen LogP contribution in [0.25, 0.3) is 5.57 Å². The average Bonchev–Trinajstić information content (AvgIpc) is 2.82. The summed E-state index contributed by atoms with van der Waals surface area (Å²) in [6.45, 7) is 1.62. The van der Waals surface area contributed by atoms with Gasteiger partial charge in [-0.05, 0) is 11.6 Å². The largest absolute Gasteiger partial charge is 0.359 e. The van der Waals surface area contributed by atoms with Gasteiger partial charge in [-0.1, -0.05) is 36.4 Å². The number of hydrogen-bond donors (Lipinski definition) is 1. The third kappa shape index (κ3) is 1.15. The fourth-order valence-electron chi connectivity index (χ4n) is 2.50. The first-order valence-electron chi connectivity index (χ1n) is 5.36. The zero-order valence-electron chi connectivity index (χ0n) is 8.56. The smallest absolute Gasteiger partial charge is 0.0736 e. The van der Waals surface area contributed by atoms with Crippen molar-refractivity contribution in [2.45, 2.75) is 6.04 Å². The Morgan fingerprint density at radius 1 is 1.27 bits per heavy atom. The molecule has 0 spiro atoms. The molecule has 76 valence electrons. The Balaban J connectivity index is 2.10. The second-order valence-electron chi connectivity index (χ2n) is 3.95. The molecule has 0 saturated carbocycles. The first kappa shape index (κ1) is 8.74. The van der Waals surface area contributed by atoms with E-state index in [0.717, 1.165) is 6.54 Å². The van der Waals surface area contributed by atoms with Gasteiger partial charge in [0.1, 0.15) is 0 Å². The normalized spacial score (nSPS) is 21.5. The van der Waals surface area contributed by atoms with Gasteiger partial charge in [0, 0.05) is 24.3 Å². The molecule has 15 heavy (non-hydrogen) atoms. The van der Waals surface area contributed by atoms with Gasteiger partial charge in [0.25, 0.3) is 0 Å². The van der Waals surface area contributed by atoms with E-state index in [9.17, 15) is 0 Å². The zero-order chi connectivity index (χ0) is 10.3. The van der Waals surface area contributed by atoms with Crippen molar-refractivity contribution in [3.63, 3.8) is 0 Å². The summed E-state index contributed by atoms with van der Waals surface area (Å²) in [5.74, 6) is 0. The topological polar surface area (TPSA) is 29.3 Å². The molecule has 0 bridgehead atoms. The van der Waals surface area contributed by atoms with Gasteiger partial charge in [0.2, 0.25) is 0 Å². The van der Waals surface area contributed by atoms with Gasteiger partial charge in [-0.15, -0.1) is 0 Å². The summed E-state index contributed by atoms with van der Waals surface area (Å²) in [4.78, 5) is 2.38. The van der Waals surface area contributed by atoms with Crippen LogP contribution in [0.15, 0.2) is 42.5 Å². The molecule has 1 heterocycles. The average molecular weight is 198 g/mol. The molecule has 0 radical (unpaired) electrons. The molecule has 1 aliphatic heterocycles. The molecule has 0 fully saturated rings. The predicted molar refractivity (Wildman–Crippen MR) is 63.7 cm³/mol. The fraction of sp³-hybridized carbons (Fsp3) is 0.231. The standard InChI is InChI=1S/C13H14N2/c14-8-9-15-12-6-2-1-4-10(12)11-5-3-7-13(11)15/h1-7,13H,8-9,14H2. The van der Waals surface area contributed by atoms with Gasteiger partial charge >= 0.3 is 0 Å². The Hall–Kier alpha value is -1.54. The summed E-state index contributed by atoms with van der Waals surface area (Å²) in [6.07, 6.45) is 6.59. The van der Waals surface area contributed by atoms with Crippen molar-refractivity contribution in [3.05, 3.63) is 48.1 Å². The molecule has 2 N–H and O–H groups in total. The number of benzene rings is 1. The molecule has 1 unspecified atom stereocenters. The number of nitrogens with zero attached hydrogens (tertiary/aromatic N) is 1. The molecular formula is C13H14N2. The Morgan fingerprint density at radius 3 is 3.00 bits per heavy atom. The minimum Gasteiger partial charge on any atom is -0.359 e. The van der Waals surface area contributed by atoms with Gasteiger partial charge in [-0.3, -0.25) is 0 Å². The fourth-order valence-corrected chi connectivity index (χ4v) is 2.50. The lowest BCUT2D eigenvalue weighted by molar-refractivity contribution is 0.807. The van der Waals surface area contributed by atoms with Crippen LogP contribution in [-0.4, -0.2) is 19.1 Å². The van der Waals surface area contributed by atoms with Crippen molar-refractivity contribution in [1.29, 1.82) is 0 Å². The molecule has 2 aliphatic rings. The number of para-hydroxylation sites is 1. The zero-order valence-corrected chi connectivity index (χ0v) is 8.56. The van der Waals surface area contributed by atoms with E-state index < -0.39 is 0 Å². The van der Waals surface area contributed by atoms with Crippen molar-refractivity contribution in [2.75, 3.05) is 18.0 Å². The summed E-state index contributed by atoms with van der Waals surface area (Å²) in [6, 6.07) is 8.98. The van der Waals surface area contributed by atoms with Crippen LogP contribution in [0, 0.1) is 0 Å². The number of hydrogen-bond acceptors (Lipinski definition) is 2. The summed E-state index contributed by atoms with van der Waals surface area (Å²) >= 11 is 0. The molecule has 0 saturated heterocycles. The van der Waals surface area contributed by atoms with Crippen molar-refractivity contribution < 1.29 is 0 Å². The van der Waals surface area contributed by atoms with Crippen molar-refractivity contribution in [3.8, 4) is 0 Å². The summed E-state index contributed by atoms with van der Waals surface area (Å²) in [5, 5.41) is 0. The van der Waals surface area contributed by atoms with Crippen LogP contribution < -0.4 is 10.6 Å². The Bertz CT molecular complexity index is 446. The highest BCUT2D eigenvalue weighted by molar-refractivity contribution is 5.91. The number of rotatable bonds is 2. The van der Waals surface area contributed by atoms with E-state index in [2.05, 4.69) is 47.4 Å². The van der Waals surface area contributed by atoms with E-state index in [1.54, 1.807) is 0 Å². The van der Waals surface area contributed by atoms with Gasteiger partial charge in [0.15, 0.2) is 0 Å².